The summed E-state index contributed by atoms with van der Waals surface area (Å²) in [7, 11) is -3.64. The molecular weight excluding hydrogens is 170 g/mol. The zero-order valence-corrected chi connectivity index (χ0v) is 6.48. The fourth-order valence-corrected chi connectivity index (χ4v) is 0.810. The van der Waals surface area contributed by atoms with Gasteiger partial charge in [0.15, 0.2) is 5.37 Å². The molecule has 1 rings (SSSR count). The van der Waals surface area contributed by atoms with E-state index < -0.39 is 15.4 Å². The first-order chi connectivity index (χ1) is 5.02. The Labute approximate surface area is 63.2 Å². The Hall–Kier alpha value is -1.02. The van der Waals surface area contributed by atoms with Crippen LogP contribution in [0.3, 0.4) is 0 Å². The Balaban J connectivity index is 2.97. The smallest absolute Gasteiger partial charge is 0.227 e. The zero-order chi connectivity index (χ0) is 8.48. The summed E-state index contributed by atoms with van der Waals surface area (Å²) in [5, 5.41) is 13.5. The van der Waals surface area contributed by atoms with Crippen molar-refractivity contribution in [2.45, 2.75) is 12.3 Å². The maximum atomic E-state index is 10.7. The summed E-state index contributed by atoms with van der Waals surface area (Å²) >= 11 is 0. The lowest BCUT2D eigenvalue weighted by Crippen LogP contribution is -2.24. The highest BCUT2D eigenvalue weighted by Crippen LogP contribution is 2.05. The van der Waals surface area contributed by atoms with Crippen molar-refractivity contribution in [3.8, 4) is 0 Å². The summed E-state index contributed by atoms with van der Waals surface area (Å²) in [5.41, 5.74) is 0. The van der Waals surface area contributed by atoms with Crippen LogP contribution in [0.4, 0.5) is 0 Å². The predicted octanol–water partition coefficient (Wildman–Crippen LogP) is -1.72. The molecule has 11 heavy (non-hydrogen) atoms. The first kappa shape index (κ1) is 8.08. The van der Waals surface area contributed by atoms with Crippen molar-refractivity contribution in [2.75, 3.05) is 0 Å². The molecule has 0 aliphatic rings. The second kappa shape index (κ2) is 2.55. The third kappa shape index (κ3) is 1.71. The van der Waals surface area contributed by atoms with Crippen LogP contribution in [0, 0.1) is 6.33 Å². The van der Waals surface area contributed by atoms with E-state index in [1.54, 1.807) is 0 Å². The summed E-state index contributed by atoms with van der Waals surface area (Å²) < 4.78 is 22.3. The van der Waals surface area contributed by atoms with Crippen molar-refractivity contribution in [1.82, 2.24) is 20.2 Å². The van der Waals surface area contributed by atoms with Gasteiger partial charge in [0.2, 0.25) is 16.4 Å². The zero-order valence-electron chi connectivity index (χ0n) is 5.67. The average Bonchev–Trinajstić information content (AvgIpc) is 2.34. The molecule has 0 aliphatic heterocycles. The maximum absolute atomic E-state index is 10.7. The van der Waals surface area contributed by atoms with Gasteiger partial charge in [-0.2, -0.15) is 0 Å². The molecule has 1 atom stereocenters. The molecule has 0 aromatic carbocycles. The number of nitrogens with zero attached hydrogens (tertiary/aromatic N) is 4. The van der Waals surface area contributed by atoms with Crippen molar-refractivity contribution in [2.24, 2.45) is 5.14 Å². The number of primary sulfonamides is 1. The Morgan fingerprint density at radius 2 is 2.27 bits per heavy atom. The van der Waals surface area contributed by atoms with E-state index in [1.165, 1.54) is 6.92 Å². The fraction of sp³-hybridized carbons (Fsp3) is 0.667. The van der Waals surface area contributed by atoms with Gasteiger partial charge < -0.3 is 0 Å². The lowest BCUT2D eigenvalue weighted by Gasteiger charge is -2.05. The van der Waals surface area contributed by atoms with E-state index in [9.17, 15) is 8.42 Å². The van der Waals surface area contributed by atoms with Crippen molar-refractivity contribution in [3.05, 3.63) is 6.33 Å². The number of nitrogens with two attached hydrogens (primary N) is 1. The molecule has 0 bridgehead atoms. The molecule has 2 N–H and O–H groups in total. The minimum absolute atomic E-state index is 0.940. The Kier molecular flexibility index (Phi) is 1.87. The van der Waals surface area contributed by atoms with E-state index in [2.05, 4.69) is 21.9 Å². The molecule has 8 heteroatoms. The highest BCUT2D eigenvalue weighted by Gasteiger charge is 2.18. The van der Waals surface area contributed by atoms with Crippen LogP contribution in [-0.2, 0) is 10.0 Å². The van der Waals surface area contributed by atoms with E-state index in [4.69, 9.17) is 5.14 Å². The molecule has 1 aromatic heterocycles. The summed E-state index contributed by atoms with van der Waals surface area (Å²) in [6, 6.07) is 0. The van der Waals surface area contributed by atoms with Crippen molar-refractivity contribution < 1.29 is 8.42 Å². The molecule has 1 unspecified atom stereocenters. The van der Waals surface area contributed by atoms with Crippen LogP contribution in [0.2, 0.25) is 0 Å². The number of hydrogen-bond donors (Lipinski definition) is 1. The van der Waals surface area contributed by atoms with Crippen LogP contribution in [0.15, 0.2) is 0 Å². The topological polar surface area (TPSA) is 104 Å². The lowest BCUT2D eigenvalue weighted by molar-refractivity contribution is 0.529. The SMILES string of the molecule is CC(n1[c]nnn1)S(N)(=O)=O. The fourth-order valence-electron chi connectivity index (χ4n) is 0.442. The van der Waals surface area contributed by atoms with Gasteiger partial charge in [-0.25, -0.2) is 18.2 Å². The lowest BCUT2D eigenvalue weighted by atomic mass is 10.8. The first-order valence-corrected chi connectivity index (χ1v) is 4.30. The molecule has 7 nitrogen and oxygen atoms in total. The van der Waals surface area contributed by atoms with Crippen molar-refractivity contribution >= 4 is 10.0 Å². The molecular formula is C3H6N5O2S. The number of aromatic nitrogens is 4. The van der Waals surface area contributed by atoms with Gasteiger partial charge in [-0.15, -0.1) is 5.10 Å². The van der Waals surface area contributed by atoms with Crippen LogP contribution >= 0.6 is 0 Å². The van der Waals surface area contributed by atoms with Crippen LogP contribution in [0.1, 0.15) is 12.3 Å². The normalized spacial score (nSPS) is 14.7. The quantitative estimate of drug-likeness (QED) is 0.577. The minimum atomic E-state index is -3.64. The molecule has 0 aliphatic carbocycles. The molecule has 0 saturated carbocycles. The van der Waals surface area contributed by atoms with E-state index in [0.717, 1.165) is 4.68 Å². The number of tetrazole rings is 1. The summed E-state index contributed by atoms with van der Waals surface area (Å²) in [4.78, 5) is 0. The molecule has 1 heterocycles. The van der Waals surface area contributed by atoms with E-state index in [-0.39, 0.29) is 0 Å². The third-order valence-electron chi connectivity index (χ3n) is 1.15. The van der Waals surface area contributed by atoms with Crippen LogP contribution in [0.25, 0.3) is 0 Å². The van der Waals surface area contributed by atoms with Gasteiger partial charge in [-0.05, 0) is 17.4 Å². The molecule has 0 fully saturated rings. The monoisotopic (exact) mass is 176 g/mol. The Morgan fingerprint density at radius 1 is 1.64 bits per heavy atom. The maximum Gasteiger partial charge on any atom is 0.232 e. The largest absolute Gasteiger partial charge is 0.232 e. The number of sulfonamides is 1. The van der Waals surface area contributed by atoms with Crippen LogP contribution in [0.5, 0.6) is 0 Å². The van der Waals surface area contributed by atoms with E-state index in [0.29, 0.717) is 0 Å². The molecule has 0 saturated heterocycles. The second-order valence-electron chi connectivity index (χ2n) is 1.91. The number of rotatable bonds is 2. The number of hydrogen-bond acceptors (Lipinski definition) is 5. The van der Waals surface area contributed by atoms with Crippen molar-refractivity contribution in [3.63, 3.8) is 0 Å². The third-order valence-corrected chi connectivity index (χ3v) is 2.30. The molecule has 61 valence electrons. The summed E-state index contributed by atoms with van der Waals surface area (Å²) in [6.07, 6.45) is 2.23. The molecule has 0 spiro atoms. The van der Waals surface area contributed by atoms with Gasteiger partial charge in [0, 0.05) is 0 Å². The Morgan fingerprint density at radius 3 is 2.64 bits per heavy atom. The highest BCUT2D eigenvalue weighted by molar-refractivity contribution is 7.89. The minimum Gasteiger partial charge on any atom is -0.227 e. The molecule has 1 radical (unpaired) electrons. The summed E-state index contributed by atoms with van der Waals surface area (Å²) in [5.74, 6) is 0. The van der Waals surface area contributed by atoms with Gasteiger partial charge >= 0.3 is 0 Å². The second-order valence-corrected chi connectivity index (χ2v) is 3.77. The summed E-state index contributed by atoms with van der Waals surface area (Å²) in [6.45, 7) is 1.36. The van der Waals surface area contributed by atoms with Gasteiger partial charge in [0.1, 0.15) is 0 Å². The Bertz CT molecular complexity index is 316. The molecule has 1 aromatic rings. The van der Waals surface area contributed by atoms with E-state index in [1.807, 2.05) is 0 Å². The standard InChI is InChI=1S/C3H6N5O2S/c1-3(11(4,9)10)8-2-5-6-7-8/h3H,1H3,(H2,4,9,10). The van der Waals surface area contributed by atoms with E-state index >= 15 is 0 Å². The highest BCUT2D eigenvalue weighted by atomic mass is 32.2. The van der Waals surface area contributed by atoms with Gasteiger partial charge in [0.25, 0.3) is 0 Å². The van der Waals surface area contributed by atoms with Crippen LogP contribution < -0.4 is 5.14 Å². The van der Waals surface area contributed by atoms with Gasteiger partial charge in [-0.1, -0.05) is 0 Å². The van der Waals surface area contributed by atoms with Crippen molar-refractivity contribution in [1.29, 1.82) is 0 Å². The van der Waals surface area contributed by atoms with Crippen LogP contribution in [-0.4, -0.2) is 28.6 Å². The predicted molar refractivity (Wildman–Crippen MR) is 34.5 cm³/mol. The van der Waals surface area contributed by atoms with Gasteiger partial charge in [0.05, 0.1) is 0 Å². The average molecular weight is 176 g/mol. The molecule has 0 amide bonds. The van der Waals surface area contributed by atoms with Gasteiger partial charge in [-0.3, -0.25) is 0 Å². The first-order valence-electron chi connectivity index (χ1n) is 2.69.